The van der Waals surface area contributed by atoms with E-state index in [1.807, 2.05) is 6.07 Å². The Morgan fingerprint density at radius 3 is 1.88 bits per heavy atom. The van der Waals surface area contributed by atoms with Crippen LogP contribution in [0.15, 0.2) is 156 Å². The second-order valence-corrected chi connectivity index (χ2v) is 11.4. The molecule has 0 aliphatic carbocycles. The van der Waals surface area contributed by atoms with Gasteiger partial charge in [0, 0.05) is 31.9 Å². The molecule has 0 aliphatic rings. The molecule has 6 aromatic carbocycles. The third-order valence-corrected chi connectivity index (χ3v) is 8.77. The predicted molar refractivity (Wildman–Crippen MR) is 180 cm³/mol. The van der Waals surface area contributed by atoms with Crippen LogP contribution in [0.2, 0.25) is 0 Å². The molecule has 0 saturated carbocycles. The van der Waals surface area contributed by atoms with Crippen molar-refractivity contribution in [2.24, 2.45) is 0 Å². The Bertz CT molecular complexity index is 2250. The van der Waals surface area contributed by atoms with E-state index >= 15 is 0 Å². The first-order chi connectivity index (χ1) is 20.7. The van der Waals surface area contributed by atoms with Gasteiger partial charge in [0.05, 0.1) is 22.2 Å². The Kier molecular flexibility index (Phi) is 5.98. The summed E-state index contributed by atoms with van der Waals surface area (Å²) in [6.07, 6.45) is 0. The maximum absolute atomic E-state index is 5.00. The lowest BCUT2D eigenvalue weighted by atomic mass is 10.0. The second-order valence-electron chi connectivity index (χ2n) is 10.6. The predicted octanol–water partition coefficient (Wildman–Crippen LogP) is 11.1. The summed E-state index contributed by atoms with van der Waals surface area (Å²) >= 11 is 3.76. The molecule has 0 fully saturated rings. The molecule has 2 aromatic heterocycles. The van der Waals surface area contributed by atoms with E-state index in [0.29, 0.717) is 0 Å². The number of halogens is 1. The van der Waals surface area contributed by atoms with Crippen molar-refractivity contribution in [1.29, 1.82) is 0 Å². The molecule has 0 aliphatic heterocycles. The summed E-state index contributed by atoms with van der Waals surface area (Å²) in [6.45, 7) is 0. The lowest BCUT2D eigenvalue weighted by Gasteiger charge is -2.11. The number of para-hydroxylation sites is 1. The average Bonchev–Trinajstić information content (AvgIpc) is 3.38. The van der Waals surface area contributed by atoms with Crippen LogP contribution < -0.4 is 0 Å². The van der Waals surface area contributed by atoms with Crippen LogP contribution in [-0.2, 0) is 0 Å². The van der Waals surface area contributed by atoms with Crippen LogP contribution in [0, 0.1) is 0 Å². The van der Waals surface area contributed by atoms with Gasteiger partial charge in [0.25, 0.3) is 0 Å². The van der Waals surface area contributed by atoms with Gasteiger partial charge in [0.1, 0.15) is 0 Å². The molecule has 3 heteroatoms. The van der Waals surface area contributed by atoms with Crippen molar-refractivity contribution in [3.05, 3.63) is 156 Å². The second kappa shape index (κ2) is 10.1. The largest absolute Gasteiger partial charge is 0.309 e. The zero-order valence-corrected chi connectivity index (χ0v) is 24.3. The molecule has 0 saturated heterocycles. The molecule has 0 atom stereocenters. The van der Waals surface area contributed by atoms with E-state index < -0.39 is 0 Å². The summed E-state index contributed by atoms with van der Waals surface area (Å²) in [4.78, 5) is 5.00. The summed E-state index contributed by atoms with van der Waals surface area (Å²) < 4.78 is 3.48. The van der Waals surface area contributed by atoms with Gasteiger partial charge in [0.15, 0.2) is 0 Å². The van der Waals surface area contributed by atoms with Crippen LogP contribution >= 0.6 is 15.9 Å². The highest BCUT2D eigenvalue weighted by Crippen LogP contribution is 2.38. The third kappa shape index (κ3) is 4.22. The fourth-order valence-electron chi connectivity index (χ4n) is 5.98. The Morgan fingerprint density at radius 2 is 1.10 bits per heavy atom. The summed E-state index contributed by atoms with van der Waals surface area (Å²) in [5.74, 6) is 0. The van der Waals surface area contributed by atoms with Gasteiger partial charge in [-0.1, -0.05) is 125 Å². The lowest BCUT2D eigenvalue weighted by molar-refractivity contribution is 1.18. The van der Waals surface area contributed by atoms with Crippen LogP contribution in [0.25, 0.3) is 71.9 Å². The fourth-order valence-corrected chi connectivity index (χ4v) is 6.49. The number of hydrogen-bond acceptors (Lipinski definition) is 1. The van der Waals surface area contributed by atoms with Gasteiger partial charge in [-0.2, -0.15) is 0 Å². The highest BCUT2D eigenvalue weighted by atomic mass is 79.9. The number of rotatable bonds is 4. The molecule has 8 aromatic rings. The van der Waals surface area contributed by atoms with E-state index in [0.717, 1.165) is 37.8 Å². The van der Waals surface area contributed by atoms with E-state index in [4.69, 9.17) is 4.98 Å². The zero-order chi connectivity index (χ0) is 28.0. The summed E-state index contributed by atoms with van der Waals surface area (Å²) in [5, 5.41) is 3.60. The molecule has 0 spiro atoms. The normalized spacial score (nSPS) is 11.5. The number of aromatic nitrogens is 2. The van der Waals surface area contributed by atoms with Crippen molar-refractivity contribution in [1.82, 2.24) is 9.55 Å². The highest BCUT2D eigenvalue weighted by Gasteiger charge is 2.16. The fraction of sp³-hybridized carbons (Fsp3) is 0. The standard InChI is InChI=1S/C39H25BrN2/c40-35-12-6-5-11-32(35)29-16-21-33-34-22-17-30(37-23-18-28-10-4-7-13-36(28)41-37)25-39(34)42(38(33)24-29)31-19-14-27(15-20-31)26-8-2-1-3-9-26/h1-25H. The number of benzene rings is 6. The first kappa shape index (κ1) is 24.8. The maximum atomic E-state index is 5.00. The highest BCUT2D eigenvalue weighted by molar-refractivity contribution is 9.10. The molecule has 0 radical (unpaired) electrons. The zero-order valence-electron chi connectivity index (χ0n) is 22.7. The number of nitrogens with zero attached hydrogens (tertiary/aromatic N) is 2. The maximum Gasteiger partial charge on any atom is 0.0710 e. The number of pyridine rings is 1. The van der Waals surface area contributed by atoms with E-state index in [-0.39, 0.29) is 0 Å². The van der Waals surface area contributed by atoms with Gasteiger partial charge in [0.2, 0.25) is 0 Å². The molecular formula is C39H25BrN2. The topological polar surface area (TPSA) is 17.8 Å². The van der Waals surface area contributed by atoms with Crippen molar-refractivity contribution in [3.8, 4) is 39.2 Å². The molecule has 2 nitrogen and oxygen atoms in total. The molecular weight excluding hydrogens is 576 g/mol. The quantitative estimate of drug-likeness (QED) is 0.196. The average molecular weight is 602 g/mol. The van der Waals surface area contributed by atoms with E-state index in [9.17, 15) is 0 Å². The SMILES string of the molecule is Brc1ccccc1-c1ccc2c3ccc(-c4ccc5ccccc5n4)cc3n(-c3ccc(-c4ccccc4)cc3)c2c1. The van der Waals surface area contributed by atoms with Gasteiger partial charge in [-0.25, -0.2) is 4.98 Å². The minimum absolute atomic E-state index is 0.973. The van der Waals surface area contributed by atoms with Gasteiger partial charge in [-0.3, -0.25) is 0 Å². The van der Waals surface area contributed by atoms with Gasteiger partial charge in [-0.15, -0.1) is 0 Å². The molecule has 0 amide bonds. The van der Waals surface area contributed by atoms with E-state index in [1.165, 1.54) is 38.5 Å². The van der Waals surface area contributed by atoms with Crippen LogP contribution in [0.5, 0.6) is 0 Å². The van der Waals surface area contributed by atoms with Crippen LogP contribution in [0.3, 0.4) is 0 Å². The minimum atomic E-state index is 0.973. The van der Waals surface area contributed by atoms with E-state index in [1.54, 1.807) is 0 Å². The van der Waals surface area contributed by atoms with Gasteiger partial charge >= 0.3 is 0 Å². The molecule has 0 N–H and O–H groups in total. The Balaban J connectivity index is 1.36. The summed E-state index contributed by atoms with van der Waals surface area (Å²) in [6, 6.07) is 53.9. The molecule has 198 valence electrons. The molecule has 42 heavy (non-hydrogen) atoms. The van der Waals surface area contributed by atoms with Gasteiger partial charge < -0.3 is 4.57 Å². The Morgan fingerprint density at radius 1 is 0.476 bits per heavy atom. The van der Waals surface area contributed by atoms with Crippen molar-refractivity contribution >= 4 is 48.6 Å². The molecule has 0 bridgehead atoms. The first-order valence-corrected chi connectivity index (χ1v) is 14.9. The minimum Gasteiger partial charge on any atom is -0.309 e. The van der Waals surface area contributed by atoms with Crippen molar-refractivity contribution in [2.75, 3.05) is 0 Å². The van der Waals surface area contributed by atoms with Crippen LogP contribution in [0.1, 0.15) is 0 Å². The van der Waals surface area contributed by atoms with Gasteiger partial charge in [-0.05, 0) is 64.7 Å². The van der Waals surface area contributed by atoms with E-state index in [2.05, 4.69) is 166 Å². The van der Waals surface area contributed by atoms with Crippen molar-refractivity contribution in [2.45, 2.75) is 0 Å². The molecule has 0 unspecified atom stereocenters. The van der Waals surface area contributed by atoms with Crippen LogP contribution in [0.4, 0.5) is 0 Å². The Labute approximate surface area is 252 Å². The van der Waals surface area contributed by atoms with Crippen molar-refractivity contribution < 1.29 is 0 Å². The number of fused-ring (bicyclic) bond motifs is 4. The molecule has 2 heterocycles. The molecule has 8 rings (SSSR count). The summed E-state index contributed by atoms with van der Waals surface area (Å²) in [5.41, 5.74) is 11.3. The van der Waals surface area contributed by atoms with Crippen LogP contribution in [-0.4, -0.2) is 9.55 Å². The monoisotopic (exact) mass is 600 g/mol. The Hall–Kier alpha value is -4.99. The lowest BCUT2D eigenvalue weighted by Crippen LogP contribution is -1.95. The summed E-state index contributed by atoms with van der Waals surface area (Å²) in [7, 11) is 0. The number of hydrogen-bond donors (Lipinski definition) is 0. The first-order valence-electron chi connectivity index (χ1n) is 14.1. The third-order valence-electron chi connectivity index (χ3n) is 8.08. The van der Waals surface area contributed by atoms with Crippen molar-refractivity contribution in [3.63, 3.8) is 0 Å². The smallest absolute Gasteiger partial charge is 0.0710 e.